The first kappa shape index (κ1) is 42.9. The number of rotatable bonds is 16. The molecule has 0 fully saturated rings. The summed E-state index contributed by atoms with van der Waals surface area (Å²) in [6.45, 7) is 8.65. The first-order valence-electron chi connectivity index (χ1n) is 20.3. The van der Waals surface area contributed by atoms with E-state index in [9.17, 15) is 33.6 Å². The van der Waals surface area contributed by atoms with Crippen LogP contribution in [-0.2, 0) is 48.4 Å². The van der Waals surface area contributed by atoms with Crippen LogP contribution in [0.25, 0.3) is 0 Å². The van der Waals surface area contributed by atoms with Crippen molar-refractivity contribution in [2.45, 2.75) is 91.5 Å². The molecule has 16 heteroatoms. The summed E-state index contributed by atoms with van der Waals surface area (Å²) < 4.78 is 0. The van der Waals surface area contributed by atoms with Crippen molar-refractivity contribution in [3.05, 3.63) is 101 Å². The number of carbonyl (C=O) groups is 7. The molecule has 3 aliphatic heterocycles. The maximum atomic E-state index is 13.2. The summed E-state index contributed by atoms with van der Waals surface area (Å²) in [7, 11) is 0. The third-order valence-electron chi connectivity index (χ3n) is 10.7. The average Bonchev–Trinajstić information content (AvgIpc) is 3.80. The van der Waals surface area contributed by atoms with E-state index in [1.54, 1.807) is 62.3 Å². The Kier molecular flexibility index (Phi) is 13.8. The standard InChI is InChI=1S/C44H51N9O7/c1-27(2)40(49-36(54)8-6-5-7-21-52-37(55)17-18-38(52)56)43(59)46-29(4)42(58)47-34-13-9-30(10-14-34)24-53-39(57)22-28(3)41(50-53)31-11-15-35(16-12-31)48-44(60)51-25-32-19-20-45-23-33(32)26-51/h9-20,23,27-29,40H,5-8,21-22,24-26H2,1-4H3,(H,46,59)(H,47,58)(H,48,60)(H,49,54)/t28?,29-,40-/m0/s1. The minimum absolute atomic E-state index is 0.111. The van der Waals surface area contributed by atoms with Gasteiger partial charge in [0.1, 0.15) is 12.1 Å². The van der Waals surface area contributed by atoms with E-state index in [2.05, 4.69) is 26.3 Å². The summed E-state index contributed by atoms with van der Waals surface area (Å²) >= 11 is 0. The van der Waals surface area contributed by atoms with Crippen LogP contribution in [0.4, 0.5) is 16.2 Å². The highest BCUT2D eigenvalue weighted by Gasteiger charge is 2.30. The van der Waals surface area contributed by atoms with Crippen molar-refractivity contribution < 1.29 is 33.6 Å². The Bertz CT molecular complexity index is 2140. The van der Waals surface area contributed by atoms with Crippen LogP contribution in [0.2, 0.25) is 0 Å². The molecule has 0 aliphatic carbocycles. The third-order valence-corrected chi connectivity index (χ3v) is 10.7. The van der Waals surface area contributed by atoms with Gasteiger partial charge in [-0.3, -0.25) is 38.7 Å². The van der Waals surface area contributed by atoms with Gasteiger partial charge in [0.05, 0.1) is 12.3 Å². The highest BCUT2D eigenvalue weighted by atomic mass is 16.2. The van der Waals surface area contributed by atoms with E-state index in [1.807, 2.05) is 37.3 Å². The molecule has 0 spiro atoms. The Morgan fingerprint density at radius 2 is 1.45 bits per heavy atom. The molecule has 3 atom stereocenters. The first-order chi connectivity index (χ1) is 28.7. The second-order valence-corrected chi connectivity index (χ2v) is 15.7. The van der Waals surface area contributed by atoms with Crippen molar-refractivity contribution in [1.29, 1.82) is 0 Å². The van der Waals surface area contributed by atoms with E-state index in [1.165, 1.54) is 17.2 Å². The summed E-state index contributed by atoms with van der Waals surface area (Å²) in [6, 6.07) is 14.4. The number of fused-ring (bicyclic) bond motifs is 1. The molecule has 16 nitrogen and oxygen atoms in total. The molecule has 3 aliphatic rings. The van der Waals surface area contributed by atoms with Gasteiger partial charge in [-0.1, -0.05) is 51.5 Å². The second kappa shape index (κ2) is 19.4. The van der Waals surface area contributed by atoms with Gasteiger partial charge in [-0.2, -0.15) is 5.10 Å². The number of hydrogen-bond donors (Lipinski definition) is 4. The number of pyridine rings is 1. The van der Waals surface area contributed by atoms with Crippen LogP contribution in [0.15, 0.2) is 84.2 Å². The Hall–Kier alpha value is -6.71. The zero-order valence-electron chi connectivity index (χ0n) is 34.3. The van der Waals surface area contributed by atoms with Crippen LogP contribution in [0.1, 0.15) is 82.1 Å². The molecule has 60 heavy (non-hydrogen) atoms. The predicted octanol–water partition coefficient (Wildman–Crippen LogP) is 4.47. The van der Waals surface area contributed by atoms with Crippen molar-refractivity contribution in [1.82, 2.24) is 30.4 Å². The van der Waals surface area contributed by atoms with Gasteiger partial charge in [0.15, 0.2) is 0 Å². The van der Waals surface area contributed by atoms with Crippen molar-refractivity contribution in [2.24, 2.45) is 16.9 Å². The molecular formula is C44H51N9O7. The topological polar surface area (TPSA) is 203 Å². The van der Waals surface area contributed by atoms with E-state index in [-0.39, 0.29) is 60.9 Å². The van der Waals surface area contributed by atoms with E-state index < -0.39 is 23.9 Å². The van der Waals surface area contributed by atoms with Crippen LogP contribution in [0, 0.1) is 11.8 Å². The maximum Gasteiger partial charge on any atom is 0.322 e. The number of hydrogen-bond acceptors (Lipinski definition) is 9. The van der Waals surface area contributed by atoms with E-state index in [0.717, 1.165) is 32.9 Å². The largest absolute Gasteiger partial charge is 0.344 e. The summed E-state index contributed by atoms with van der Waals surface area (Å²) in [5.74, 6) is -2.38. The fraction of sp³-hybridized carbons (Fsp3) is 0.386. The van der Waals surface area contributed by atoms with E-state index >= 15 is 0 Å². The number of benzene rings is 2. The quantitative estimate of drug-likeness (QED) is 0.120. The molecule has 6 rings (SSSR count). The van der Waals surface area contributed by atoms with Gasteiger partial charge in [-0.05, 0) is 78.3 Å². The monoisotopic (exact) mass is 817 g/mol. The average molecular weight is 818 g/mol. The number of anilines is 2. The van der Waals surface area contributed by atoms with Gasteiger partial charge < -0.3 is 26.2 Å². The third kappa shape index (κ3) is 10.9. The Morgan fingerprint density at radius 3 is 2.13 bits per heavy atom. The van der Waals surface area contributed by atoms with E-state index in [4.69, 9.17) is 5.10 Å². The molecule has 4 N–H and O–H groups in total. The summed E-state index contributed by atoms with van der Waals surface area (Å²) in [5.41, 5.74) is 5.67. The van der Waals surface area contributed by atoms with E-state index in [0.29, 0.717) is 50.3 Å². The molecule has 3 aromatic rings. The fourth-order valence-corrected chi connectivity index (χ4v) is 7.15. The number of aromatic nitrogens is 1. The van der Waals surface area contributed by atoms with Gasteiger partial charge in [0, 0.05) is 74.3 Å². The van der Waals surface area contributed by atoms with Crippen LogP contribution >= 0.6 is 0 Å². The van der Waals surface area contributed by atoms with Crippen molar-refractivity contribution in [3.63, 3.8) is 0 Å². The number of nitrogens with zero attached hydrogens (tertiary/aromatic N) is 5. The van der Waals surface area contributed by atoms with Gasteiger partial charge in [0.2, 0.25) is 23.6 Å². The number of urea groups is 1. The predicted molar refractivity (Wildman–Crippen MR) is 224 cm³/mol. The SMILES string of the molecule is CC1CC(=O)N(Cc2ccc(NC(=O)[C@H](C)NC(=O)[C@@H](NC(=O)CCCCCN3C(=O)C=CC3=O)C(C)C)cc2)N=C1c1ccc(NC(=O)N2Cc3ccncc3C2)cc1. The minimum Gasteiger partial charge on any atom is -0.344 e. The van der Waals surface area contributed by atoms with Gasteiger partial charge in [-0.15, -0.1) is 0 Å². The van der Waals surface area contributed by atoms with Crippen LogP contribution < -0.4 is 21.3 Å². The first-order valence-corrected chi connectivity index (χ1v) is 20.3. The van der Waals surface area contributed by atoms with Crippen LogP contribution in [-0.4, -0.2) is 85.6 Å². The lowest BCUT2D eigenvalue weighted by atomic mass is 9.93. The Balaban J connectivity index is 0.953. The lowest BCUT2D eigenvalue weighted by Gasteiger charge is -2.28. The van der Waals surface area contributed by atoms with Gasteiger partial charge in [0.25, 0.3) is 11.8 Å². The van der Waals surface area contributed by atoms with Crippen LogP contribution in [0.3, 0.4) is 0 Å². The molecule has 0 saturated heterocycles. The fourth-order valence-electron chi connectivity index (χ4n) is 7.15. The molecular weight excluding hydrogens is 767 g/mol. The normalized spacial score (nSPS) is 17.0. The van der Waals surface area contributed by atoms with Crippen molar-refractivity contribution in [3.8, 4) is 0 Å². The van der Waals surface area contributed by atoms with Gasteiger partial charge >= 0.3 is 6.03 Å². The molecule has 0 saturated carbocycles. The molecule has 314 valence electrons. The van der Waals surface area contributed by atoms with Crippen molar-refractivity contribution >= 4 is 58.6 Å². The number of carbonyl (C=O) groups excluding carboxylic acids is 7. The molecule has 0 radical (unpaired) electrons. The summed E-state index contributed by atoms with van der Waals surface area (Å²) in [6.07, 6.45) is 8.16. The molecule has 8 amide bonds. The Labute approximate surface area is 348 Å². The zero-order valence-corrected chi connectivity index (χ0v) is 34.3. The summed E-state index contributed by atoms with van der Waals surface area (Å²) in [4.78, 5) is 95.3. The minimum atomic E-state index is -0.910. The smallest absolute Gasteiger partial charge is 0.322 e. The van der Waals surface area contributed by atoms with Gasteiger partial charge in [-0.25, -0.2) is 9.80 Å². The Morgan fingerprint density at radius 1 is 0.783 bits per heavy atom. The van der Waals surface area contributed by atoms with Crippen LogP contribution in [0.5, 0.6) is 0 Å². The van der Waals surface area contributed by atoms with Crippen molar-refractivity contribution in [2.75, 3.05) is 17.2 Å². The maximum absolute atomic E-state index is 13.2. The molecule has 4 heterocycles. The number of nitrogens with one attached hydrogen (secondary N) is 4. The zero-order chi connectivity index (χ0) is 42.9. The molecule has 0 bridgehead atoms. The number of amides is 8. The molecule has 1 aromatic heterocycles. The number of imide groups is 1. The summed E-state index contributed by atoms with van der Waals surface area (Å²) in [5, 5.41) is 17.4. The number of hydrazone groups is 1. The highest BCUT2D eigenvalue weighted by Crippen LogP contribution is 2.26. The molecule has 2 aromatic carbocycles. The number of unbranched alkanes of at least 4 members (excludes halogenated alkanes) is 2. The second-order valence-electron chi connectivity index (χ2n) is 15.7. The molecule has 1 unspecified atom stereocenters. The lowest BCUT2D eigenvalue weighted by molar-refractivity contribution is -0.137. The lowest BCUT2D eigenvalue weighted by Crippen LogP contribution is -2.53. The highest BCUT2D eigenvalue weighted by molar-refractivity contribution is 6.12.